The molecule has 96 valence electrons. The summed E-state index contributed by atoms with van der Waals surface area (Å²) in [5.74, 6) is 0. The van der Waals surface area contributed by atoms with E-state index in [1.54, 1.807) is 0 Å². The summed E-state index contributed by atoms with van der Waals surface area (Å²) in [7, 11) is 6.42. The highest BCUT2D eigenvalue weighted by Gasteiger charge is 2.29. The van der Waals surface area contributed by atoms with E-state index in [9.17, 15) is 0 Å². The monoisotopic (exact) mass is 227 g/mol. The fourth-order valence-corrected chi connectivity index (χ4v) is 2.86. The van der Waals surface area contributed by atoms with Crippen LogP contribution in [0.25, 0.3) is 0 Å². The van der Waals surface area contributed by atoms with Crippen LogP contribution in [0.3, 0.4) is 0 Å². The third kappa shape index (κ3) is 4.04. The topological polar surface area (TPSA) is 18.5 Å². The van der Waals surface area contributed by atoms with E-state index in [2.05, 4.69) is 43.2 Å². The zero-order valence-corrected chi connectivity index (χ0v) is 11.5. The van der Waals surface area contributed by atoms with Crippen LogP contribution in [-0.4, -0.2) is 62.7 Å². The highest BCUT2D eigenvalue weighted by atomic mass is 15.2. The van der Waals surface area contributed by atoms with E-state index < -0.39 is 0 Å². The maximum absolute atomic E-state index is 3.48. The van der Waals surface area contributed by atoms with Crippen molar-refractivity contribution in [1.29, 1.82) is 0 Å². The molecule has 1 aliphatic carbocycles. The molecule has 16 heavy (non-hydrogen) atoms. The minimum absolute atomic E-state index is 0.722. The van der Waals surface area contributed by atoms with Crippen LogP contribution in [0.5, 0.6) is 0 Å². The van der Waals surface area contributed by atoms with E-state index in [-0.39, 0.29) is 0 Å². The maximum Gasteiger partial charge on any atom is 0.0249 e. The van der Waals surface area contributed by atoms with E-state index in [1.807, 2.05) is 0 Å². The van der Waals surface area contributed by atoms with Gasteiger partial charge in [-0.1, -0.05) is 13.3 Å². The molecule has 0 aromatic heterocycles. The Labute approximate surface area is 101 Å². The number of nitrogens with zero attached hydrogens (tertiary/aromatic N) is 2. The standard InChI is InChI=1S/C13H29N3/c1-5-16(11-7-10-15(3)4)13-9-6-8-12(13)14-2/h12-14H,5-11H2,1-4H3. The van der Waals surface area contributed by atoms with Crippen LogP contribution in [0, 0.1) is 0 Å². The van der Waals surface area contributed by atoms with Gasteiger partial charge in [0.15, 0.2) is 0 Å². The molecule has 0 aliphatic heterocycles. The molecule has 0 bridgehead atoms. The third-order valence-corrected chi connectivity index (χ3v) is 3.78. The predicted molar refractivity (Wildman–Crippen MR) is 70.9 cm³/mol. The lowest BCUT2D eigenvalue weighted by atomic mass is 10.1. The van der Waals surface area contributed by atoms with Crippen molar-refractivity contribution in [2.45, 2.75) is 44.7 Å². The van der Waals surface area contributed by atoms with Gasteiger partial charge in [0.05, 0.1) is 0 Å². The summed E-state index contributed by atoms with van der Waals surface area (Å²) in [6.45, 7) is 5.93. The van der Waals surface area contributed by atoms with Crippen molar-refractivity contribution < 1.29 is 0 Å². The Morgan fingerprint density at radius 3 is 2.50 bits per heavy atom. The van der Waals surface area contributed by atoms with Crippen LogP contribution in [0.4, 0.5) is 0 Å². The van der Waals surface area contributed by atoms with Crippen LogP contribution in [0.1, 0.15) is 32.6 Å². The summed E-state index contributed by atoms with van der Waals surface area (Å²) in [6, 6.07) is 1.50. The molecule has 3 nitrogen and oxygen atoms in total. The molecule has 1 fully saturated rings. The fraction of sp³-hybridized carbons (Fsp3) is 1.00. The molecule has 0 radical (unpaired) electrons. The van der Waals surface area contributed by atoms with Crippen molar-refractivity contribution in [3.8, 4) is 0 Å². The van der Waals surface area contributed by atoms with E-state index in [0.29, 0.717) is 0 Å². The molecule has 0 heterocycles. The Bertz CT molecular complexity index is 182. The normalized spacial score (nSPS) is 25.9. The van der Waals surface area contributed by atoms with Gasteiger partial charge in [0.25, 0.3) is 0 Å². The zero-order valence-electron chi connectivity index (χ0n) is 11.5. The number of nitrogens with one attached hydrogen (secondary N) is 1. The quantitative estimate of drug-likeness (QED) is 0.709. The molecule has 0 saturated heterocycles. The van der Waals surface area contributed by atoms with Gasteiger partial charge in [-0.3, -0.25) is 4.90 Å². The molecule has 3 heteroatoms. The van der Waals surface area contributed by atoms with Crippen LogP contribution in [0.2, 0.25) is 0 Å². The summed E-state index contributed by atoms with van der Waals surface area (Å²) in [6.07, 6.45) is 5.40. The first kappa shape index (κ1) is 13.9. The van der Waals surface area contributed by atoms with Gasteiger partial charge < -0.3 is 10.2 Å². The first-order valence-corrected chi connectivity index (χ1v) is 6.75. The van der Waals surface area contributed by atoms with Gasteiger partial charge in [0.2, 0.25) is 0 Å². The minimum Gasteiger partial charge on any atom is -0.315 e. The zero-order chi connectivity index (χ0) is 12.0. The smallest absolute Gasteiger partial charge is 0.0249 e. The van der Waals surface area contributed by atoms with E-state index in [0.717, 1.165) is 12.1 Å². The third-order valence-electron chi connectivity index (χ3n) is 3.78. The second kappa shape index (κ2) is 7.25. The molecular formula is C13H29N3. The summed E-state index contributed by atoms with van der Waals surface area (Å²) in [5.41, 5.74) is 0. The maximum atomic E-state index is 3.48. The molecular weight excluding hydrogens is 198 g/mol. The van der Waals surface area contributed by atoms with Crippen molar-refractivity contribution in [1.82, 2.24) is 15.1 Å². The molecule has 1 aliphatic rings. The van der Waals surface area contributed by atoms with Crippen molar-refractivity contribution in [3.63, 3.8) is 0 Å². The molecule has 2 unspecified atom stereocenters. The van der Waals surface area contributed by atoms with Crippen LogP contribution >= 0.6 is 0 Å². The Kier molecular flexibility index (Phi) is 6.32. The molecule has 2 atom stereocenters. The predicted octanol–water partition coefficient (Wildman–Crippen LogP) is 1.40. The average Bonchev–Trinajstić information content (AvgIpc) is 2.72. The van der Waals surface area contributed by atoms with Gasteiger partial charge in [-0.2, -0.15) is 0 Å². The van der Waals surface area contributed by atoms with Crippen LogP contribution < -0.4 is 5.32 Å². The SMILES string of the molecule is CCN(CCCN(C)C)C1CCCC1NC. The fourth-order valence-electron chi connectivity index (χ4n) is 2.86. The number of rotatable bonds is 7. The molecule has 0 spiro atoms. The van der Waals surface area contributed by atoms with Crippen molar-refractivity contribution in [2.24, 2.45) is 0 Å². The van der Waals surface area contributed by atoms with Crippen molar-refractivity contribution in [3.05, 3.63) is 0 Å². The first-order valence-electron chi connectivity index (χ1n) is 6.75. The van der Waals surface area contributed by atoms with Gasteiger partial charge >= 0.3 is 0 Å². The summed E-state index contributed by atoms with van der Waals surface area (Å²) < 4.78 is 0. The highest BCUT2D eigenvalue weighted by Crippen LogP contribution is 2.24. The second-order valence-electron chi connectivity index (χ2n) is 5.18. The number of hydrogen-bond donors (Lipinski definition) is 1. The van der Waals surface area contributed by atoms with E-state index in [1.165, 1.54) is 45.3 Å². The van der Waals surface area contributed by atoms with Crippen LogP contribution in [-0.2, 0) is 0 Å². The minimum atomic E-state index is 0.722. The second-order valence-corrected chi connectivity index (χ2v) is 5.18. The lowest BCUT2D eigenvalue weighted by Gasteiger charge is -2.32. The molecule has 1 N–H and O–H groups in total. The van der Waals surface area contributed by atoms with Crippen molar-refractivity contribution in [2.75, 3.05) is 40.8 Å². The summed E-state index contributed by atoms with van der Waals surface area (Å²) in [5, 5.41) is 3.48. The lowest BCUT2D eigenvalue weighted by molar-refractivity contribution is 0.176. The Morgan fingerprint density at radius 2 is 1.94 bits per heavy atom. The Morgan fingerprint density at radius 1 is 1.19 bits per heavy atom. The molecule has 1 rings (SSSR count). The van der Waals surface area contributed by atoms with Gasteiger partial charge in [0.1, 0.15) is 0 Å². The van der Waals surface area contributed by atoms with Gasteiger partial charge in [0, 0.05) is 12.1 Å². The van der Waals surface area contributed by atoms with Gasteiger partial charge in [-0.25, -0.2) is 0 Å². The molecule has 0 aromatic carbocycles. The Hall–Kier alpha value is -0.120. The van der Waals surface area contributed by atoms with E-state index >= 15 is 0 Å². The van der Waals surface area contributed by atoms with Gasteiger partial charge in [-0.15, -0.1) is 0 Å². The summed E-state index contributed by atoms with van der Waals surface area (Å²) in [4.78, 5) is 4.94. The van der Waals surface area contributed by atoms with Crippen LogP contribution in [0.15, 0.2) is 0 Å². The largest absolute Gasteiger partial charge is 0.315 e. The number of hydrogen-bond acceptors (Lipinski definition) is 3. The highest BCUT2D eigenvalue weighted by molar-refractivity contribution is 4.89. The Balaban J connectivity index is 2.34. The summed E-state index contributed by atoms with van der Waals surface area (Å²) >= 11 is 0. The van der Waals surface area contributed by atoms with Gasteiger partial charge in [-0.05, 0) is 60.0 Å². The molecule has 0 aromatic rings. The molecule has 1 saturated carbocycles. The average molecular weight is 227 g/mol. The first-order chi connectivity index (χ1) is 7.69. The van der Waals surface area contributed by atoms with E-state index in [4.69, 9.17) is 0 Å². The van der Waals surface area contributed by atoms with Crippen molar-refractivity contribution >= 4 is 0 Å². The number of likely N-dealkylation sites (N-methyl/N-ethyl adjacent to an activating group) is 2. The lowest BCUT2D eigenvalue weighted by Crippen LogP contribution is -2.46. The molecule has 0 amide bonds.